The monoisotopic (exact) mass is 252 g/mol. The lowest BCUT2D eigenvalue weighted by atomic mass is 10.1. The van der Waals surface area contributed by atoms with Crippen LogP contribution in [0.25, 0.3) is 0 Å². The third kappa shape index (κ3) is 4.09. The third-order valence-corrected chi connectivity index (χ3v) is 2.84. The summed E-state index contributed by atoms with van der Waals surface area (Å²) in [5.41, 5.74) is 3.06. The maximum atomic E-state index is 12.9. The molecule has 0 aromatic heterocycles. The molecule has 0 bridgehead atoms. The van der Waals surface area contributed by atoms with E-state index < -0.39 is 0 Å². The smallest absolute Gasteiger partial charge is 0.247 e. The Hall–Kier alpha value is -1.46. The van der Waals surface area contributed by atoms with E-state index in [0.717, 1.165) is 25.9 Å². The van der Waals surface area contributed by atoms with E-state index in [1.807, 2.05) is 0 Å². The van der Waals surface area contributed by atoms with Gasteiger partial charge in [0.1, 0.15) is 5.82 Å². The van der Waals surface area contributed by atoms with E-state index in [4.69, 9.17) is 4.84 Å². The molecule has 0 aliphatic carbocycles. The average Bonchev–Trinajstić information content (AvgIpc) is 2.38. The number of carbonyl (C=O) groups is 1. The normalized spacial score (nSPS) is 19.5. The van der Waals surface area contributed by atoms with Crippen LogP contribution in [0.3, 0.4) is 0 Å². The van der Waals surface area contributed by atoms with Crippen molar-refractivity contribution in [1.29, 1.82) is 0 Å². The Bertz CT molecular complexity index is 406. The largest absolute Gasteiger partial charge is 0.314 e. The predicted octanol–water partition coefficient (Wildman–Crippen LogP) is 1.17. The summed E-state index contributed by atoms with van der Waals surface area (Å²) in [5.74, 6) is -0.594. The van der Waals surface area contributed by atoms with Gasteiger partial charge in [0.05, 0.1) is 12.5 Å². The zero-order valence-corrected chi connectivity index (χ0v) is 10.1. The van der Waals surface area contributed by atoms with Crippen LogP contribution in [0.1, 0.15) is 18.4 Å². The number of benzene rings is 1. The van der Waals surface area contributed by atoms with Gasteiger partial charge in [-0.1, -0.05) is 12.1 Å². The zero-order valence-electron chi connectivity index (χ0n) is 10.1. The first kappa shape index (κ1) is 13.0. The zero-order chi connectivity index (χ0) is 12.8. The Morgan fingerprint density at radius 1 is 1.56 bits per heavy atom. The maximum absolute atomic E-state index is 12.9. The molecule has 0 saturated carbocycles. The summed E-state index contributed by atoms with van der Waals surface area (Å²) in [6.45, 7) is 1.75. The minimum atomic E-state index is -0.335. The molecule has 98 valence electrons. The molecular weight excluding hydrogens is 235 g/mol. The van der Waals surface area contributed by atoms with Crippen molar-refractivity contribution in [1.82, 2.24) is 10.8 Å². The predicted molar refractivity (Wildman–Crippen MR) is 65.2 cm³/mol. The first-order valence-electron chi connectivity index (χ1n) is 6.14. The molecule has 2 rings (SSSR count). The summed E-state index contributed by atoms with van der Waals surface area (Å²) in [6.07, 6.45) is 2.13. The van der Waals surface area contributed by atoms with E-state index in [1.54, 1.807) is 12.1 Å². The van der Waals surface area contributed by atoms with Gasteiger partial charge >= 0.3 is 0 Å². The maximum Gasteiger partial charge on any atom is 0.247 e. The lowest BCUT2D eigenvalue weighted by Crippen LogP contribution is -2.40. The minimum Gasteiger partial charge on any atom is -0.314 e. The van der Waals surface area contributed by atoms with Crippen molar-refractivity contribution in [2.45, 2.75) is 25.4 Å². The molecular formula is C13H17FN2O2. The summed E-state index contributed by atoms with van der Waals surface area (Å²) < 4.78 is 12.9. The second-order valence-electron chi connectivity index (χ2n) is 4.42. The lowest BCUT2D eigenvalue weighted by Gasteiger charge is -2.22. The van der Waals surface area contributed by atoms with Gasteiger partial charge in [-0.05, 0) is 37.1 Å². The first-order chi connectivity index (χ1) is 8.74. The summed E-state index contributed by atoms with van der Waals surface area (Å²) in [7, 11) is 0. The molecule has 1 fully saturated rings. The van der Waals surface area contributed by atoms with E-state index in [-0.39, 0.29) is 24.2 Å². The van der Waals surface area contributed by atoms with Gasteiger partial charge < -0.3 is 5.32 Å². The van der Waals surface area contributed by atoms with Crippen molar-refractivity contribution in [3.8, 4) is 0 Å². The molecule has 1 aliphatic heterocycles. The summed E-state index contributed by atoms with van der Waals surface area (Å²) in [5, 5.41) is 3.19. The Kier molecular flexibility index (Phi) is 4.66. The summed E-state index contributed by atoms with van der Waals surface area (Å²) in [4.78, 5) is 16.9. The average molecular weight is 252 g/mol. The topological polar surface area (TPSA) is 50.4 Å². The number of halogens is 1. The highest BCUT2D eigenvalue weighted by Gasteiger charge is 2.14. The standard InChI is InChI=1S/C13H17FN2O2/c14-11-4-1-3-10(7-11)8-13(17)16-18-12-5-2-6-15-9-12/h1,3-4,7,12,15H,2,5-6,8-9H2,(H,16,17). The Morgan fingerprint density at radius 2 is 2.44 bits per heavy atom. The fourth-order valence-corrected chi connectivity index (χ4v) is 1.94. The van der Waals surface area contributed by atoms with Gasteiger partial charge in [-0.25, -0.2) is 9.87 Å². The summed E-state index contributed by atoms with van der Waals surface area (Å²) in [6, 6.07) is 6.00. The van der Waals surface area contributed by atoms with Crippen molar-refractivity contribution in [2.24, 2.45) is 0 Å². The van der Waals surface area contributed by atoms with Crippen LogP contribution in [-0.4, -0.2) is 25.1 Å². The van der Waals surface area contributed by atoms with Crippen LogP contribution in [0.2, 0.25) is 0 Å². The Labute approximate surface area is 105 Å². The minimum absolute atomic E-state index is 0.0233. The summed E-state index contributed by atoms with van der Waals surface area (Å²) >= 11 is 0. The van der Waals surface area contributed by atoms with Gasteiger partial charge in [-0.2, -0.15) is 0 Å². The number of hydrogen-bond donors (Lipinski definition) is 2. The first-order valence-corrected chi connectivity index (χ1v) is 6.14. The molecule has 1 atom stereocenters. The van der Waals surface area contributed by atoms with Gasteiger partial charge in [0.15, 0.2) is 0 Å². The van der Waals surface area contributed by atoms with Gasteiger partial charge in [-0.15, -0.1) is 0 Å². The van der Waals surface area contributed by atoms with Gasteiger partial charge in [0.2, 0.25) is 5.91 Å². The van der Waals surface area contributed by atoms with Crippen LogP contribution in [-0.2, 0) is 16.1 Å². The number of amides is 1. The number of hydroxylamine groups is 1. The van der Waals surface area contributed by atoms with Gasteiger partial charge in [0, 0.05) is 6.54 Å². The number of piperidine rings is 1. The van der Waals surface area contributed by atoms with E-state index in [0.29, 0.717) is 5.56 Å². The molecule has 1 aliphatic rings. The van der Waals surface area contributed by atoms with Gasteiger partial charge in [0.25, 0.3) is 0 Å². The Morgan fingerprint density at radius 3 is 3.17 bits per heavy atom. The fraction of sp³-hybridized carbons (Fsp3) is 0.462. The van der Waals surface area contributed by atoms with Crippen molar-refractivity contribution < 1.29 is 14.0 Å². The van der Waals surface area contributed by atoms with E-state index in [1.165, 1.54) is 12.1 Å². The van der Waals surface area contributed by atoms with E-state index >= 15 is 0 Å². The second kappa shape index (κ2) is 6.47. The molecule has 2 N–H and O–H groups in total. The fourth-order valence-electron chi connectivity index (χ4n) is 1.94. The van der Waals surface area contributed by atoms with Crippen LogP contribution in [0.15, 0.2) is 24.3 Å². The van der Waals surface area contributed by atoms with Crippen LogP contribution < -0.4 is 10.8 Å². The number of nitrogens with one attached hydrogen (secondary N) is 2. The molecule has 1 aromatic rings. The van der Waals surface area contributed by atoms with E-state index in [9.17, 15) is 9.18 Å². The third-order valence-electron chi connectivity index (χ3n) is 2.84. The highest BCUT2D eigenvalue weighted by Crippen LogP contribution is 2.06. The molecule has 1 saturated heterocycles. The van der Waals surface area contributed by atoms with Crippen molar-refractivity contribution >= 4 is 5.91 Å². The molecule has 18 heavy (non-hydrogen) atoms. The molecule has 5 heteroatoms. The Balaban J connectivity index is 1.74. The SMILES string of the molecule is O=C(Cc1cccc(F)c1)NOC1CCCNC1. The molecule has 1 aromatic carbocycles. The quantitative estimate of drug-likeness (QED) is 0.791. The molecule has 0 spiro atoms. The highest BCUT2D eigenvalue weighted by molar-refractivity contribution is 5.77. The van der Waals surface area contributed by atoms with Crippen LogP contribution in [0.4, 0.5) is 4.39 Å². The number of rotatable bonds is 4. The van der Waals surface area contributed by atoms with Gasteiger partial charge in [-0.3, -0.25) is 9.63 Å². The van der Waals surface area contributed by atoms with E-state index in [2.05, 4.69) is 10.8 Å². The van der Waals surface area contributed by atoms with Crippen LogP contribution >= 0.6 is 0 Å². The van der Waals surface area contributed by atoms with Crippen molar-refractivity contribution in [3.63, 3.8) is 0 Å². The molecule has 1 unspecified atom stereocenters. The van der Waals surface area contributed by atoms with Crippen molar-refractivity contribution in [3.05, 3.63) is 35.6 Å². The molecule has 1 heterocycles. The molecule has 4 nitrogen and oxygen atoms in total. The van der Waals surface area contributed by atoms with Crippen LogP contribution in [0, 0.1) is 5.82 Å². The number of hydrogen-bond acceptors (Lipinski definition) is 3. The molecule has 1 amide bonds. The molecule has 0 radical (unpaired) electrons. The lowest BCUT2D eigenvalue weighted by molar-refractivity contribution is -0.138. The van der Waals surface area contributed by atoms with Crippen LogP contribution in [0.5, 0.6) is 0 Å². The highest BCUT2D eigenvalue weighted by atomic mass is 19.1. The second-order valence-corrected chi connectivity index (χ2v) is 4.42. The van der Waals surface area contributed by atoms with Crippen molar-refractivity contribution in [2.75, 3.05) is 13.1 Å². The number of carbonyl (C=O) groups excluding carboxylic acids is 1.